The number of H-pyrrole nitrogens is 1. The monoisotopic (exact) mass is 251 g/mol. The van der Waals surface area contributed by atoms with Crippen molar-refractivity contribution in [3.63, 3.8) is 0 Å². The maximum absolute atomic E-state index is 13.8. The van der Waals surface area contributed by atoms with E-state index in [0.717, 1.165) is 12.1 Å². The molecule has 0 atom stereocenters. The molecule has 0 saturated carbocycles. The Labute approximate surface area is 104 Å². The Morgan fingerprint density at radius 2 is 2.35 bits per heavy atom. The van der Waals surface area contributed by atoms with Crippen molar-refractivity contribution < 1.29 is 4.39 Å². The highest BCUT2D eigenvalue weighted by Crippen LogP contribution is 2.27. The van der Waals surface area contributed by atoms with Gasteiger partial charge in [-0.3, -0.25) is 0 Å². The minimum absolute atomic E-state index is 0.207. The summed E-state index contributed by atoms with van der Waals surface area (Å²) in [6.07, 6.45) is 3.37. The zero-order chi connectivity index (χ0) is 12.1. The first kappa shape index (κ1) is 12.1. The number of hydrogen-bond donors (Lipinski definition) is 2. The summed E-state index contributed by atoms with van der Waals surface area (Å²) < 4.78 is 13.8. The molecule has 0 radical (unpaired) electrons. The zero-order valence-corrected chi connectivity index (χ0v) is 10.4. The first-order chi connectivity index (χ1) is 8.29. The van der Waals surface area contributed by atoms with Gasteiger partial charge in [-0.15, -0.1) is 0 Å². The van der Waals surface area contributed by atoms with Gasteiger partial charge in [-0.25, -0.2) is 9.37 Å². The van der Waals surface area contributed by atoms with Gasteiger partial charge < -0.3 is 10.3 Å². The molecule has 1 heterocycles. The smallest absolute Gasteiger partial charge is 0.170 e. The Hall–Kier alpha value is -1.33. The van der Waals surface area contributed by atoms with E-state index in [4.69, 9.17) is 0 Å². The van der Waals surface area contributed by atoms with E-state index < -0.39 is 0 Å². The van der Waals surface area contributed by atoms with Crippen LogP contribution in [0.1, 0.15) is 12.5 Å². The summed E-state index contributed by atoms with van der Waals surface area (Å²) in [6, 6.07) is 5.28. The number of nitrogens with one attached hydrogen (secondary N) is 2. The quantitative estimate of drug-likeness (QED) is 0.858. The Kier molecular flexibility index (Phi) is 4.17. The van der Waals surface area contributed by atoms with Crippen LogP contribution in [0.5, 0.6) is 0 Å². The van der Waals surface area contributed by atoms with Crippen molar-refractivity contribution in [1.82, 2.24) is 15.3 Å². The molecule has 0 spiro atoms. The van der Waals surface area contributed by atoms with Crippen LogP contribution in [0.15, 0.2) is 40.6 Å². The Balaban J connectivity index is 2.09. The topological polar surface area (TPSA) is 40.7 Å². The molecule has 1 aromatic carbocycles. The molecule has 3 nitrogen and oxygen atoms in total. The summed E-state index contributed by atoms with van der Waals surface area (Å²) in [5, 5.41) is 3.86. The number of halogens is 1. The fraction of sp³-hybridized carbons (Fsp3) is 0.250. The Bertz CT molecular complexity index is 471. The number of aromatic nitrogens is 2. The molecule has 0 aliphatic carbocycles. The molecular formula is C12H14FN3S. The average molecular weight is 251 g/mol. The van der Waals surface area contributed by atoms with Crippen LogP contribution in [0, 0.1) is 5.82 Å². The fourth-order valence-electron chi connectivity index (χ4n) is 1.42. The molecule has 0 aliphatic heterocycles. The van der Waals surface area contributed by atoms with Crippen LogP contribution in [0.3, 0.4) is 0 Å². The third-order valence-electron chi connectivity index (χ3n) is 2.26. The lowest BCUT2D eigenvalue weighted by Gasteiger charge is -2.05. The van der Waals surface area contributed by atoms with E-state index in [1.807, 2.05) is 13.0 Å². The lowest BCUT2D eigenvalue weighted by molar-refractivity contribution is 0.596. The van der Waals surface area contributed by atoms with Gasteiger partial charge in [0.1, 0.15) is 5.82 Å². The first-order valence-electron chi connectivity index (χ1n) is 5.46. The van der Waals surface area contributed by atoms with Crippen molar-refractivity contribution in [3.05, 3.63) is 42.0 Å². The van der Waals surface area contributed by atoms with Gasteiger partial charge in [0.15, 0.2) is 5.16 Å². The summed E-state index contributed by atoms with van der Waals surface area (Å²) in [5.41, 5.74) is 0.952. The van der Waals surface area contributed by atoms with Gasteiger partial charge in [0.05, 0.1) is 4.90 Å². The van der Waals surface area contributed by atoms with E-state index >= 15 is 0 Å². The molecule has 1 aromatic heterocycles. The van der Waals surface area contributed by atoms with E-state index in [9.17, 15) is 4.39 Å². The van der Waals surface area contributed by atoms with Crippen molar-refractivity contribution >= 4 is 11.8 Å². The third-order valence-corrected chi connectivity index (χ3v) is 3.22. The number of benzene rings is 1. The average Bonchev–Trinajstić information content (AvgIpc) is 2.82. The normalized spacial score (nSPS) is 10.7. The van der Waals surface area contributed by atoms with E-state index in [-0.39, 0.29) is 5.82 Å². The summed E-state index contributed by atoms with van der Waals surface area (Å²) in [7, 11) is 0. The SMILES string of the molecule is CCNCc1ccc(Sc2ncc[nH]2)c(F)c1. The number of rotatable bonds is 5. The van der Waals surface area contributed by atoms with Gasteiger partial charge >= 0.3 is 0 Å². The highest BCUT2D eigenvalue weighted by Gasteiger charge is 2.06. The summed E-state index contributed by atoms with van der Waals surface area (Å²) >= 11 is 1.29. The number of imidazole rings is 1. The lowest BCUT2D eigenvalue weighted by atomic mass is 10.2. The number of hydrogen-bond acceptors (Lipinski definition) is 3. The standard InChI is InChI=1S/C12H14FN3S/c1-2-14-8-9-3-4-11(10(13)7-9)17-12-15-5-6-16-12/h3-7,14H,2,8H2,1H3,(H,15,16). The van der Waals surface area contributed by atoms with Crippen LogP contribution in [0.25, 0.3) is 0 Å². The predicted octanol–water partition coefficient (Wildman–Crippen LogP) is 2.81. The van der Waals surface area contributed by atoms with Crippen molar-refractivity contribution in [3.8, 4) is 0 Å². The van der Waals surface area contributed by atoms with Crippen molar-refractivity contribution in [2.45, 2.75) is 23.5 Å². The number of nitrogens with zero attached hydrogens (tertiary/aromatic N) is 1. The maximum atomic E-state index is 13.8. The molecule has 0 unspecified atom stereocenters. The molecule has 0 amide bonds. The molecule has 0 bridgehead atoms. The minimum atomic E-state index is -0.207. The van der Waals surface area contributed by atoms with Crippen molar-refractivity contribution in [1.29, 1.82) is 0 Å². The molecule has 90 valence electrons. The molecule has 5 heteroatoms. The summed E-state index contributed by atoms with van der Waals surface area (Å²) in [4.78, 5) is 7.57. The second-order valence-electron chi connectivity index (χ2n) is 3.54. The van der Waals surface area contributed by atoms with Crippen LogP contribution >= 0.6 is 11.8 Å². The molecule has 2 N–H and O–H groups in total. The second kappa shape index (κ2) is 5.84. The van der Waals surface area contributed by atoms with Gasteiger partial charge in [0, 0.05) is 18.9 Å². The minimum Gasteiger partial charge on any atom is -0.339 e. The molecular weight excluding hydrogens is 237 g/mol. The van der Waals surface area contributed by atoms with Crippen LogP contribution in [0.2, 0.25) is 0 Å². The van der Waals surface area contributed by atoms with Crippen LogP contribution in [0.4, 0.5) is 4.39 Å². The van der Waals surface area contributed by atoms with E-state index in [0.29, 0.717) is 16.6 Å². The number of aromatic amines is 1. The summed E-state index contributed by atoms with van der Waals surface area (Å²) in [6.45, 7) is 3.60. The summed E-state index contributed by atoms with van der Waals surface area (Å²) in [5.74, 6) is -0.207. The molecule has 0 fully saturated rings. The lowest BCUT2D eigenvalue weighted by Crippen LogP contribution is -2.11. The third kappa shape index (κ3) is 3.31. The van der Waals surface area contributed by atoms with E-state index in [1.54, 1.807) is 24.5 Å². The molecule has 2 aromatic rings. The van der Waals surface area contributed by atoms with Gasteiger partial charge in [-0.05, 0) is 36.0 Å². The Morgan fingerprint density at radius 3 is 3.00 bits per heavy atom. The highest BCUT2D eigenvalue weighted by atomic mass is 32.2. The van der Waals surface area contributed by atoms with E-state index in [2.05, 4.69) is 15.3 Å². The molecule has 0 saturated heterocycles. The molecule has 0 aliphatic rings. The molecule has 2 rings (SSSR count). The van der Waals surface area contributed by atoms with E-state index in [1.165, 1.54) is 11.8 Å². The first-order valence-corrected chi connectivity index (χ1v) is 6.27. The van der Waals surface area contributed by atoms with Gasteiger partial charge in [-0.2, -0.15) is 0 Å². The zero-order valence-electron chi connectivity index (χ0n) is 9.53. The van der Waals surface area contributed by atoms with Crippen molar-refractivity contribution in [2.75, 3.05) is 6.54 Å². The van der Waals surface area contributed by atoms with Crippen LogP contribution in [-0.4, -0.2) is 16.5 Å². The van der Waals surface area contributed by atoms with Crippen LogP contribution in [-0.2, 0) is 6.54 Å². The Morgan fingerprint density at radius 1 is 1.47 bits per heavy atom. The largest absolute Gasteiger partial charge is 0.339 e. The fourth-order valence-corrected chi connectivity index (χ4v) is 2.16. The van der Waals surface area contributed by atoms with Crippen molar-refractivity contribution in [2.24, 2.45) is 0 Å². The molecule has 17 heavy (non-hydrogen) atoms. The van der Waals surface area contributed by atoms with Gasteiger partial charge in [-0.1, -0.05) is 13.0 Å². The second-order valence-corrected chi connectivity index (χ2v) is 4.57. The predicted molar refractivity (Wildman–Crippen MR) is 66.5 cm³/mol. The maximum Gasteiger partial charge on any atom is 0.170 e. The van der Waals surface area contributed by atoms with Crippen LogP contribution < -0.4 is 5.32 Å². The van der Waals surface area contributed by atoms with Gasteiger partial charge in [0.25, 0.3) is 0 Å². The highest BCUT2D eigenvalue weighted by molar-refractivity contribution is 7.99. The van der Waals surface area contributed by atoms with Gasteiger partial charge in [0.2, 0.25) is 0 Å².